The monoisotopic (exact) mass is 336 g/mol. The fraction of sp³-hybridized carbons (Fsp3) is 0.278. The van der Waals surface area contributed by atoms with E-state index in [2.05, 4.69) is 28.0 Å². The summed E-state index contributed by atoms with van der Waals surface area (Å²) < 4.78 is 7.05. The van der Waals surface area contributed by atoms with Gasteiger partial charge in [0.2, 0.25) is 5.95 Å². The molecule has 0 aliphatic carbocycles. The number of hydrogen-bond acceptors (Lipinski definition) is 6. The lowest BCUT2D eigenvalue weighted by molar-refractivity contribution is 0.414. The van der Waals surface area contributed by atoms with Gasteiger partial charge in [-0.2, -0.15) is 0 Å². The van der Waals surface area contributed by atoms with E-state index in [9.17, 15) is 0 Å². The molecule has 1 aromatic carbocycles. The zero-order valence-electron chi connectivity index (χ0n) is 14.5. The molecule has 2 N–H and O–H groups in total. The number of rotatable bonds is 3. The fourth-order valence-corrected chi connectivity index (χ4v) is 3.35. The average molecular weight is 336 g/mol. The molecule has 2 aromatic heterocycles. The summed E-state index contributed by atoms with van der Waals surface area (Å²) in [4.78, 5) is 11.1. The van der Waals surface area contributed by atoms with Crippen LogP contribution >= 0.6 is 0 Å². The number of aromatic nitrogens is 4. The standard InChI is InChI=1S/C18H20N6O/c1-11-8-13(25-3)4-5-15(11)23-7-6-14-16(9-12(2)21-17(14)23)24-10-20-18(19)22-24/h4-5,8-10H,6-7H2,1-3H3,(H2,19,22). The van der Waals surface area contributed by atoms with Crippen LogP contribution in [0.15, 0.2) is 30.6 Å². The first-order chi connectivity index (χ1) is 12.1. The molecule has 0 saturated carbocycles. The quantitative estimate of drug-likeness (QED) is 0.791. The van der Waals surface area contributed by atoms with E-state index in [1.807, 2.05) is 25.1 Å². The molecule has 4 rings (SSSR count). The van der Waals surface area contributed by atoms with Gasteiger partial charge in [-0.25, -0.2) is 14.6 Å². The summed E-state index contributed by atoms with van der Waals surface area (Å²) in [7, 11) is 1.68. The van der Waals surface area contributed by atoms with Crippen molar-refractivity contribution in [2.24, 2.45) is 0 Å². The first-order valence-corrected chi connectivity index (χ1v) is 8.17. The highest BCUT2D eigenvalue weighted by Crippen LogP contribution is 2.38. The molecule has 0 amide bonds. The lowest BCUT2D eigenvalue weighted by atomic mass is 10.1. The van der Waals surface area contributed by atoms with Gasteiger partial charge in [-0.15, -0.1) is 5.10 Å². The summed E-state index contributed by atoms with van der Waals surface area (Å²) in [5.41, 5.74) is 11.1. The van der Waals surface area contributed by atoms with Crippen molar-refractivity contribution in [3.05, 3.63) is 47.4 Å². The molecule has 0 unspecified atom stereocenters. The van der Waals surface area contributed by atoms with Gasteiger partial charge in [0.05, 0.1) is 12.8 Å². The van der Waals surface area contributed by atoms with E-state index in [0.717, 1.165) is 52.7 Å². The number of aryl methyl sites for hydroxylation is 2. The number of anilines is 3. The summed E-state index contributed by atoms with van der Waals surface area (Å²) in [5.74, 6) is 2.10. The highest BCUT2D eigenvalue weighted by atomic mass is 16.5. The van der Waals surface area contributed by atoms with Crippen molar-refractivity contribution in [2.45, 2.75) is 20.3 Å². The lowest BCUT2D eigenvalue weighted by Crippen LogP contribution is -2.16. The second-order valence-corrected chi connectivity index (χ2v) is 6.19. The molecule has 7 heteroatoms. The zero-order chi connectivity index (χ0) is 17.6. The minimum absolute atomic E-state index is 0.268. The molecule has 0 fully saturated rings. The van der Waals surface area contributed by atoms with Crippen LogP contribution in [0.2, 0.25) is 0 Å². The fourth-order valence-electron chi connectivity index (χ4n) is 3.35. The molecule has 0 saturated heterocycles. The Morgan fingerprint density at radius 1 is 1.16 bits per heavy atom. The largest absolute Gasteiger partial charge is 0.497 e. The summed E-state index contributed by atoms with van der Waals surface area (Å²) >= 11 is 0. The molecule has 0 spiro atoms. The molecule has 0 radical (unpaired) electrons. The Morgan fingerprint density at radius 3 is 2.68 bits per heavy atom. The summed E-state index contributed by atoms with van der Waals surface area (Å²) in [6.07, 6.45) is 2.54. The predicted molar refractivity (Wildman–Crippen MR) is 96.7 cm³/mol. The SMILES string of the molecule is COc1ccc(N2CCc3c(-n4cnc(N)n4)cc(C)nc32)c(C)c1. The maximum absolute atomic E-state index is 5.68. The smallest absolute Gasteiger partial charge is 0.239 e. The molecule has 128 valence electrons. The molecule has 1 aliphatic rings. The van der Waals surface area contributed by atoms with Crippen LogP contribution in [0.4, 0.5) is 17.5 Å². The molecule has 0 bridgehead atoms. The highest BCUT2D eigenvalue weighted by Gasteiger charge is 2.27. The van der Waals surface area contributed by atoms with Gasteiger partial charge >= 0.3 is 0 Å². The molecular formula is C18H20N6O. The van der Waals surface area contributed by atoms with Crippen molar-refractivity contribution in [3.63, 3.8) is 0 Å². The minimum atomic E-state index is 0.268. The Bertz CT molecular complexity index is 949. The lowest BCUT2D eigenvalue weighted by Gasteiger charge is -2.22. The van der Waals surface area contributed by atoms with E-state index >= 15 is 0 Å². The Labute approximate surface area is 146 Å². The van der Waals surface area contributed by atoms with Crippen LogP contribution < -0.4 is 15.4 Å². The number of nitrogens with two attached hydrogens (primary N) is 1. The van der Waals surface area contributed by atoms with Crippen LogP contribution in [0.5, 0.6) is 5.75 Å². The number of methoxy groups -OCH3 is 1. The van der Waals surface area contributed by atoms with E-state index in [0.29, 0.717) is 0 Å². The van der Waals surface area contributed by atoms with E-state index < -0.39 is 0 Å². The number of hydrogen-bond donors (Lipinski definition) is 1. The second-order valence-electron chi connectivity index (χ2n) is 6.19. The third-order valence-corrected chi connectivity index (χ3v) is 4.50. The number of benzene rings is 1. The van der Waals surface area contributed by atoms with Gasteiger partial charge in [0.1, 0.15) is 17.9 Å². The maximum atomic E-state index is 5.68. The Kier molecular flexibility index (Phi) is 3.56. The normalized spacial score (nSPS) is 13.2. The molecule has 7 nitrogen and oxygen atoms in total. The number of nitrogens with zero attached hydrogens (tertiary/aromatic N) is 5. The Hall–Kier alpha value is -3.09. The van der Waals surface area contributed by atoms with Crippen molar-refractivity contribution < 1.29 is 4.74 Å². The van der Waals surface area contributed by atoms with Crippen LogP contribution in [0.1, 0.15) is 16.8 Å². The summed E-state index contributed by atoms with van der Waals surface area (Å²) in [6, 6.07) is 8.13. The molecule has 0 atom stereocenters. The van der Waals surface area contributed by atoms with E-state index in [1.54, 1.807) is 18.1 Å². The van der Waals surface area contributed by atoms with Crippen LogP contribution in [0.25, 0.3) is 5.69 Å². The number of pyridine rings is 1. The number of fused-ring (bicyclic) bond motifs is 1. The van der Waals surface area contributed by atoms with Crippen molar-refractivity contribution >= 4 is 17.5 Å². The molecule has 3 aromatic rings. The summed E-state index contributed by atoms with van der Waals surface area (Å²) in [6.45, 7) is 4.95. The van der Waals surface area contributed by atoms with Crippen molar-refractivity contribution in [1.29, 1.82) is 0 Å². The van der Waals surface area contributed by atoms with Crippen molar-refractivity contribution in [2.75, 3.05) is 24.3 Å². The van der Waals surface area contributed by atoms with Gasteiger partial charge in [0, 0.05) is 23.5 Å². The maximum Gasteiger partial charge on any atom is 0.239 e. The topological polar surface area (TPSA) is 82.1 Å². The Morgan fingerprint density at radius 2 is 2.00 bits per heavy atom. The van der Waals surface area contributed by atoms with Gasteiger partial charge in [-0.3, -0.25) is 0 Å². The van der Waals surface area contributed by atoms with E-state index in [-0.39, 0.29) is 5.95 Å². The van der Waals surface area contributed by atoms with Crippen LogP contribution in [0, 0.1) is 13.8 Å². The molecular weight excluding hydrogens is 316 g/mol. The van der Waals surface area contributed by atoms with E-state index in [4.69, 9.17) is 15.5 Å². The predicted octanol–water partition coefficient (Wildman–Crippen LogP) is 2.56. The van der Waals surface area contributed by atoms with Gasteiger partial charge in [0.15, 0.2) is 0 Å². The average Bonchev–Trinajstić information content (AvgIpc) is 3.20. The van der Waals surface area contributed by atoms with Gasteiger partial charge in [-0.05, 0) is 50.1 Å². The number of ether oxygens (including phenoxy) is 1. The number of nitrogen functional groups attached to an aromatic ring is 1. The third kappa shape index (κ3) is 2.57. The first-order valence-electron chi connectivity index (χ1n) is 8.17. The van der Waals surface area contributed by atoms with Crippen LogP contribution in [-0.2, 0) is 6.42 Å². The van der Waals surface area contributed by atoms with Crippen molar-refractivity contribution in [3.8, 4) is 11.4 Å². The third-order valence-electron chi connectivity index (χ3n) is 4.50. The summed E-state index contributed by atoms with van der Waals surface area (Å²) in [5, 5.41) is 4.26. The molecule has 25 heavy (non-hydrogen) atoms. The van der Waals surface area contributed by atoms with E-state index in [1.165, 1.54) is 0 Å². The van der Waals surface area contributed by atoms with Gasteiger partial charge in [-0.1, -0.05) is 0 Å². The Balaban J connectivity index is 1.82. The van der Waals surface area contributed by atoms with Gasteiger partial charge in [0.25, 0.3) is 0 Å². The first kappa shape index (κ1) is 15.4. The van der Waals surface area contributed by atoms with Crippen LogP contribution in [0.3, 0.4) is 0 Å². The van der Waals surface area contributed by atoms with Gasteiger partial charge < -0.3 is 15.4 Å². The second kappa shape index (κ2) is 5.77. The highest BCUT2D eigenvalue weighted by molar-refractivity contribution is 5.73. The van der Waals surface area contributed by atoms with Crippen molar-refractivity contribution in [1.82, 2.24) is 19.7 Å². The molecule has 3 heterocycles. The minimum Gasteiger partial charge on any atom is -0.497 e. The zero-order valence-corrected chi connectivity index (χ0v) is 14.5. The van der Waals surface area contributed by atoms with Crippen LogP contribution in [-0.4, -0.2) is 33.4 Å². The molecule has 1 aliphatic heterocycles.